The summed E-state index contributed by atoms with van der Waals surface area (Å²) in [6, 6.07) is 3.30. The molecular formula is C14H20ClNO4. The molecule has 0 aliphatic heterocycles. The standard InChI is InChI=1S/C14H20ClNO4/c1-8(2)16-14(17)13(15)9-6-11(19-4)12(20-5)7-10(9)18-3/h6-8,13H,1-5H3,(H,16,17). The second kappa shape index (κ2) is 7.24. The maximum Gasteiger partial charge on any atom is 0.242 e. The molecule has 0 aromatic heterocycles. The van der Waals surface area contributed by atoms with Crippen molar-refractivity contribution in [3.05, 3.63) is 17.7 Å². The highest BCUT2D eigenvalue weighted by Gasteiger charge is 2.24. The summed E-state index contributed by atoms with van der Waals surface area (Å²) < 4.78 is 15.7. The monoisotopic (exact) mass is 301 g/mol. The van der Waals surface area contributed by atoms with Crippen LogP contribution in [0.3, 0.4) is 0 Å². The highest BCUT2D eigenvalue weighted by atomic mass is 35.5. The molecule has 1 rings (SSSR count). The van der Waals surface area contributed by atoms with Crippen LogP contribution in [0.5, 0.6) is 17.2 Å². The molecule has 112 valence electrons. The topological polar surface area (TPSA) is 56.8 Å². The van der Waals surface area contributed by atoms with E-state index in [0.717, 1.165) is 0 Å². The van der Waals surface area contributed by atoms with Gasteiger partial charge in [0.1, 0.15) is 11.1 Å². The van der Waals surface area contributed by atoms with Crippen molar-refractivity contribution in [2.75, 3.05) is 21.3 Å². The van der Waals surface area contributed by atoms with Gasteiger partial charge >= 0.3 is 0 Å². The second-order valence-corrected chi connectivity index (χ2v) is 4.91. The lowest BCUT2D eigenvalue weighted by atomic mass is 10.1. The number of alkyl halides is 1. The fourth-order valence-corrected chi connectivity index (χ4v) is 1.98. The van der Waals surface area contributed by atoms with Gasteiger partial charge in [-0.3, -0.25) is 4.79 Å². The summed E-state index contributed by atoms with van der Waals surface area (Å²) >= 11 is 6.22. The van der Waals surface area contributed by atoms with E-state index in [9.17, 15) is 4.79 Å². The number of nitrogens with one attached hydrogen (secondary N) is 1. The number of methoxy groups -OCH3 is 3. The molecule has 20 heavy (non-hydrogen) atoms. The summed E-state index contributed by atoms with van der Waals surface area (Å²) in [5.41, 5.74) is 0.532. The predicted molar refractivity (Wildman–Crippen MR) is 78.0 cm³/mol. The lowest BCUT2D eigenvalue weighted by Crippen LogP contribution is -2.32. The number of amides is 1. The molecule has 0 saturated carbocycles. The van der Waals surface area contributed by atoms with Crippen LogP contribution in [0.1, 0.15) is 24.8 Å². The molecule has 0 heterocycles. The third-order valence-corrected chi connectivity index (χ3v) is 3.10. The van der Waals surface area contributed by atoms with Crippen molar-refractivity contribution >= 4 is 17.5 Å². The maximum atomic E-state index is 12.0. The minimum Gasteiger partial charge on any atom is -0.496 e. The zero-order valence-corrected chi connectivity index (χ0v) is 13.1. The predicted octanol–water partition coefficient (Wildman–Crippen LogP) is 2.52. The van der Waals surface area contributed by atoms with E-state index >= 15 is 0 Å². The molecule has 1 aromatic carbocycles. The number of rotatable bonds is 6. The summed E-state index contributed by atoms with van der Waals surface area (Å²) in [5, 5.41) is 1.89. The van der Waals surface area contributed by atoms with Crippen molar-refractivity contribution in [3.8, 4) is 17.2 Å². The van der Waals surface area contributed by atoms with E-state index in [2.05, 4.69) is 5.32 Å². The van der Waals surface area contributed by atoms with Gasteiger partial charge in [0.25, 0.3) is 0 Å². The first-order chi connectivity index (χ1) is 9.44. The summed E-state index contributed by atoms with van der Waals surface area (Å²) in [4.78, 5) is 12.0. The van der Waals surface area contributed by atoms with Crippen molar-refractivity contribution in [2.24, 2.45) is 0 Å². The van der Waals surface area contributed by atoms with Gasteiger partial charge in [0, 0.05) is 17.7 Å². The molecule has 0 aliphatic carbocycles. The summed E-state index contributed by atoms with van der Waals surface area (Å²) in [6.07, 6.45) is 0. The second-order valence-electron chi connectivity index (χ2n) is 4.47. The molecule has 1 amide bonds. The van der Waals surface area contributed by atoms with Crippen LogP contribution in [0.4, 0.5) is 0 Å². The van der Waals surface area contributed by atoms with E-state index in [1.165, 1.54) is 21.3 Å². The first-order valence-electron chi connectivity index (χ1n) is 6.18. The zero-order chi connectivity index (χ0) is 15.3. The van der Waals surface area contributed by atoms with Gasteiger partial charge in [-0.05, 0) is 19.9 Å². The molecule has 5 nitrogen and oxygen atoms in total. The molecule has 0 spiro atoms. The van der Waals surface area contributed by atoms with E-state index < -0.39 is 5.38 Å². The quantitative estimate of drug-likeness (QED) is 0.820. The third-order valence-electron chi connectivity index (χ3n) is 2.67. The van der Waals surface area contributed by atoms with E-state index in [0.29, 0.717) is 22.8 Å². The van der Waals surface area contributed by atoms with Crippen molar-refractivity contribution in [2.45, 2.75) is 25.3 Å². The lowest BCUT2D eigenvalue weighted by molar-refractivity contribution is -0.121. The zero-order valence-electron chi connectivity index (χ0n) is 12.3. The highest BCUT2D eigenvalue weighted by Crippen LogP contribution is 2.39. The minimum atomic E-state index is -0.868. The van der Waals surface area contributed by atoms with Crippen molar-refractivity contribution in [1.29, 1.82) is 0 Å². The molecule has 1 N–H and O–H groups in total. The van der Waals surface area contributed by atoms with E-state index in [-0.39, 0.29) is 11.9 Å². The number of carbonyl (C=O) groups is 1. The molecule has 0 radical (unpaired) electrons. The first-order valence-corrected chi connectivity index (χ1v) is 6.62. The van der Waals surface area contributed by atoms with Gasteiger partial charge in [0.15, 0.2) is 11.5 Å². The Morgan fingerprint density at radius 2 is 1.55 bits per heavy atom. The molecule has 0 fully saturated rings. The van der Waals surface area contributed by atoms with Crippen LogP contribution in [0.15, 0.2) is 12.1 Å². The normalized spacial score (nSPS) is 11.9. The van der Waals surface area contributed by atoms with Gasteiger partial charge < -0.3 is 19.5 Å². The molecule has 1 aromatic rings. The molecule has 1 unspecified atom stereocenters. The van der Waals surface area contributed by atoms with Gasteiger partial charge in [-0.25, -0.2) is 0 Å². The Bertz CT molecular complexity index is 476. The first kappa shape index (κ1) is 16.4. The summed E-state index contributed by atoms with van der Waals surface area (Å²) in [6.45, 7) is 3.74. The van der Waals surface area contributed by atoms with Crippen LogP contribution < -0.4 is 19.5 Å². The Kier molecular flexibility index (Phi) is 5.95. The highest BCUT2D eigenvalue weighted by molar-refractivity contribution is 6.31. The number of hydrogen-bond acceptors (Lipinski definition) is 4. The SMILES string of the molecule is COc1cc(OC)c(C(Cl)C(=O)NC(C)C)cc1OC. The Balaban J connectivity index is 3.18. The average molecular weight is 302 g/mol. The van der Waals surface area contributed by atoms with Gasteiger partial charge in [0.05, 0.1) is 21.3 Å². The lowest BCUT2D eigenvalue weighted by Gasteiger charge is -2.18. The van der Waals surface area contributed by atoms with Crippen LogP contribution in [0.25, 0.3) is 0 Å². The Hall–Kier alpha value is -1.62. The molecule has 6 heteroatoms. The largest absolute Gasteiger partial charge is 0.496 e. The molecule has 0 aliphatic rings. The number of hydrogen-bond donors (Lipinski definition) is 1. The Labute approximate surface area is 124 Å². The fourth-order valence-electron chi connectivity index (χ4n) is 1.75. The van der Waals surface area contributed by atoms with Crippen molar-refractivity contribution < 1.29 is 19.0 Å². The number of benzene rings is 1. The number of carbonyl (C=O) groups excluding carboxylic acids is 1. The van der Waals surface area contributed by atoms with Gasteiger partial charge in [-0.2, -0.15) is 0 Å². The Morgan fingerprint density at radius 1 is 1.05 bits per heavy atom. The minimum absolute atomic E-state index is 0.00916. The fraction of sp³-hybridized carbons (Fsp3) is 0.500. The van der Waals surface area contributed by atoms with Gasteiger partial charge in [0.2, 0.25) is 5.91 Å². The van der Waals surface area contributed by atoms with E-state index in [4.69, 9.17) is 25.8 Å². The molecule has 1 atom stereocenters. The van der Waals surface area contributed by atoms with Crippen LogP contribution in [0, 0.1) is 0 Å². The smallest absolute Gasteiger partial charge is 0.242 e. The van der Waals surface area contributed by atoms with Crippen LogP contribution in [0.2, 0.25) is 0 Å². The van der Waals surface area contributed by atoms with Crippen LogP contribution in [-0.2, 0) is 4.79 Å². The van der Waals surface area contributed by atoms with Crippen molar-refractivity contribution in [1.82, 2.24) is 5.32 Å². The molecule has 0 saturated heterocycles. The number of halogens is 1. The van der Waals surface area contributed by atoms with Crippen LogP contribution >= 0.6 is 11.6 Å². The van der Waals surface area contributed by atoms with Gasteiger partial charge in [-0.15, -0.1) is 11.6 Å². The average Bonchev–Trinajstić information content (AvgIpc) is 2.44. The summed E-state index contributed by atoms with van der Waals surface area (Å²) in [5.74, 6) is 1.20. The summed E-state index contributed by atoms with van der Waals surface area (Å²) in [7, 11) is 4.56. The number of ether oxygens (including phenoxy) is 3. The Morgan fingerprint density at radius 3 is 2.00 bits per heavy atom. The van der Waals surface area contributed by atoms with Gasteiger partial charge in [-0.1, -0.05) is 0 Å². The van der Waals surface area contributed by atoms with Crippen LogP contribution in [-0.4, -0.2) is 33.3 Å². The maximum absolute atomic E-state index is 12.0. The molecular weight excluding hydrogens is 282 g/mol. The van der Waals surface area contributed by atoms with Crippen molar-refractivity contribution in [3.63, 3.8) is 0 Å². The third kappa shape index (κ3) is 3.70. The van der Waals surface area contributed by atoms with E-state index in [1.54, 1.807) is 12.1 Å². The van der Waals surface area contributed by atoms with E-state index in [1.807, 2.05) is 13.8 Å². The molecule has 0 bridgehead atoms.